The minimum absolute atomic E-state index is 0.846. The van der Waals surface area contributed by atoms with E-state index in [4.69, 9.17) is 0 Å². The fraction of sp³-hybridized carbons (Fsp3) is 0.346. The van der Waals surface area contributed by atoms with Crippen LogP contribution < -0.4 is 20.8 Å². The molecule has 0 amide bonds. The van der Waals surface area contributed by atoms with Crippen LogP contribution in [0.4, 0.5) is 5.69 Å². The number of hydrogen-bond donors (Lipinski definition) is 3. The van der Waals surface area contributed by atoms with E-state index in [-0.39, 0.29) is 0 Å². The van der Waals surface area contributed by atoms with Gasteiger partial charge in [-0.3, -0.25) is 5.10 Å². The first-order chi connectivity index (χ1) is 15.2. The fourth-order valence-corrected chi connectivity index (χ4v) is 4.83. The van der Waals surface area contributed by atoms with Crippen molar-refractivity contribution in [2.75, 3.05) is 31.1 Å². The van der Waals surface area contributed by atoms with E-state index in [1.165, 1.54) is 41.5 Å². The van der Waals surface area contributed by atoms with E-state index in [1.807, 2.05) is 0 Å². The van der Waals surface area contributed by atoms with Crippen LogP contribution in [0.2, 0.25) is 0 Å². The van der Waals surface area contributed by atoms with Crippen molar-refractivity contribution in [1.82, 2.24) is 20.5 Å². The number of allylic oxidation sites excluding steroid dienone is 2. The number of piperidine rings is 1. The minimum Gasteiger partial charge on any atom is -0.371 e. The van der Waals surface area contributed by atoms with Crippen LogP contribution in [0.15, 0.2) is 47.6 Å². The summed E-state index contributed by atoms with van der Waals surface area (Å²) < 4.78 is 0. The van der Waals surface area contributed by atoms with Gasteiger partial charge in [-0.05, 0) is 74.6 Å². The van der Waals surface area contributed by atoms with Crippen LogP contribution in [0.1, 0.15) is 32.6 Å². The molecule has 0 radical (unpaired) electrons. The van der Waals surface area contributed by atoms with Gasteiger partial charge >= 0.3 is 0 Å². The number of anilines is 1. The molecule has 5 nitrogen and oxygen atoms in total. The Morgan fingerprint density at radius 2 is 2.06 bits per heavy atom. The number of aromatic nitrogens is 3. The summed E-state index contributed by atoms with van der Waals surface area (Å²) in [6.07, 6.45) is 11.6. The SMILES string of the molecule is C=c1[nH]nc(-c2cc3c(N4CCCCC4)cccc3[nH]2)/c1=C/C(=C\C)C1=CCNCC1. The first kappa shape index (κ1) is 19.9. The van der Waals surface area contributed by atoms with E-state index >= 15 is 0 Å². The Kier molecular flexibility index (Phi) is 5.51. The predicted molar refractivity (Wildman–Crippen MR) is 131 cm³/mol. The molecule has 1 fully saturated rings. The van der Waals surface area contributed by atoms with Gasteiger partial charge < -0.3 is 15.2 Å². The van der Waals surface area contributed by atoms with Crippen LogP contribution in [0.3, 0.4) is 0 Å². The largest absolute Gasteiger partial charge is 0.371 e. The van der Waals surface area contributed by atoms with Gasteiger partial charge in [0.15, 0.2) is 0 Å². The fourth-order valence-electron chi connectivity index (χ4n) is 4.83. The van der Waals surface area contributed by atoms with Crippen molar-refractivity contribution in [3.63, 3.8) is 0 Å². The summed E-state index contributed by atoms with van der Waals surface area (Å²) in [6, 6.07) is 8.81. The molecule has 0 unspecified atom stereocenters. The smallest absolute Gasteiger partial charge is 0.116 e. The van der Waals surface area contributed by atoms with Crippen LogP contribution in [-0.4, -0.2) is 41.4 Å². The van der Waals surface area contributed by atoms with Gasteiger partial charge in [0.2, 0.25) is 0 Å². The van der Waals surface area contributed by atoms with Crippen LogP contribution in [0.25, 0.3) is 34.9 Å². The van der Waals surface area contributed by atoms with Crippen LogP contribution in [0.5, 0.6) is 0 Å². The Labute approximate surface area is 183 Å². The van der Waals surface area contributed by atoms with E-state index < -0.39 is 0 Å². The van der Waals surface area contributed by atoms with Crippen molar-refractivity contribution in [3.8, 4) is 11.4 Å². The second-order valence-electron chi connectivity index (χ2n) is 8.51. The average molecular weight is 414 g/mol. The molecule has 5 rings (SSSR count). The third-order valence-corrected chi connectivity index (χ3v) is 6.52. The number of fused-ring (bicyclic) bond motifs is 1. The van der Waals surface area contributed by atoms with Gasteiger partial charge in [-0.1, -0.05) is 24.8 Å². The molecule has 3 aromatic rings. The van der Waals surface area contributed by atoms with E-state index in [1.54, 1.807) is 0 Å². The molecule has 3 N–H and O–H groups in total. The average Bonchev–Trinajstić information content (AvgIpc) is 3.41. The lowest BCUT2D eigenvalue weighted by Gasteiger charge is -2.29. The van der Waals surface area contributed by atoms with Crippen molar-refractivity contribution in [1.29, 1.82) is 0 Å². The monoisotopic (exact) mass is 413 g/mol. The molecule has 31 heavy (non-hydrogen) atoms. The molecular formula is C26H31N5. The standard InChI is InChI=1S/C26H31N5/c1-3-19(20-10-12-27-13-11-20)16-21-18(2)29-30-26(21)24-17-22-23(28-24)8-7-9-25(22)31-14-5-4-6-15-31/h3,7-10,16-17,27-29H,2,4-6,11-15H2,1H3/b19-3+,21-16+. The summed E-state index contributed by atoms with van der Waals surface area (Å²) in [5.74, 6) is 0. The number of rotatable bonds is 4. The number of hydrogen-bond acceptors (Lipinski definition) is 3. The first-order valence-corrected chi connectivity index (χ1v) is 11.4. The zero-order valence-electron chi connectivity index (χ0n) is 18.3. The Morgan fingerprint density at radius 3 is 2.84 bits per heavy atom. The highest BCUT2D eigenvalue weighted by Crippen LogP contribution is 2.31. The lowest BCUT2D eigenvalue weighted by molar-refractivity contribution is 0.579. The van der Waals surface area contributed by atoms with Crippen molar-refractivity contribution >= 4 is 29.2 Å². The molecule has 1 saturated heterocycles. The second kappa shape index (κ2) is 8.60. The molecule has 0 aliphatic carbocycles. The predicted octanol–water partition coefficient (Wildman–Crippen LogP) is 3.61. The van der Waals surface area contributed by atoms with Gasteiger partial charge in [-0.15, -0.1) is 0 Å². The van der Waals surface area contributed by atoms with Crippen LogP contribution >= 0.6 is 0 Å². The second-order valence-corrected chi connectivity index (χ2v) is 8.51. The maximum atomic E-state index is 4.63. The number of H-pyrrole nitrogens is 2. The molecule has 0 spiro atoms. The maximum absolute atomic E-state index is 4.63. The molecule has 4 heterocycles. The molecule has 2 aliphatic rings. The number of nitrogens with zero attached hydrogens (tertiary/aromatic N) is 2. The van der Waals surface area contributed by atoms with Crippen molar-refractivity contribution in [3.05, 3.63) is 58.1 Å². The number of benzene rings is 1. The van der Waals surface area contributed by atoms with Crippen molar-refractivity contribution in [2.45, 2.75) is 32.6 Å². The molecule has 160 valence electrons. The molecule has 1 aromatic carbocycles. The summed E-state index contributed by atoms with van der Waals surface area (Å²) >= 11 is 0. The molecule has 0 atom stereocenters. The van der Waals surface area contributed by atoms with E-state index in [2.05, 4.69) is 81.4 Å². The maximum Gasteiger partial charge on any atom is 0.116 e. The van der Waals surface area contributed by atoms with Gasteiger partial charge in [0.05, 0.1) is 11.0 Å². The first-order valence-electron chi connectivity index (χ1n) is 11.4. The van der Waals surface area contributed by atoms with E-state index in [9.17, 15) is 0 Å². The third kappa shape index (κ3) is 3.86. The van der Waals surface area contributed by atoms with Gasteiger partial charge in [0.1, 0.15) is 5.69 Å². The van der Waals surface area contributed by atoms with Gasteiger partial charge in [0.25, 0.3) is 0 Å². The third-order valence-electron chi connectivity index (χ3n) is 6.52. The minimum atomic E-state index is 0.846. The lowest BCUT2D eigenvalue weighted by Crippen LogP contribution is -2.29. The Bertz CT molecular complexity index is 1250. The number of nitrogens with one attached hydrogen (secondary N) is 3. The number of aromatic amines is 2. The Balaban J connectivity index is 1.59. The summed E-state index contributed by atoms with van der Waals surface area (Å²) in [5.41, 5.74) is 7.08. The van der Waals surface area contributed by atoms with E-state index in [0.717, 1.165) is 60.1 Å². The molecule has 2 aliphatic heterocycles. The molecule has 0 saturated carbocycles. The van der Waals surface area contributed by atoms with Crippen molar-refractivity contribution < 1.29 is 0 Å². The summed E-state index contributed by atoms with van der Waals surface area (Å²) in [7, 11) is 0. The van der Waals surface area contributed by atoms with Gasteiger partial charge in [0, 0.05) is 41.4 Å². The summed E-state index contributed by atoms with van der Waals surface area (Å²) in [5, 5.41) is 14.3. The van der Waals surface area contributed by atoms with Crippen molar-refractivity contribution in [2.24, 2.45) is 0 Å². The summed E-state index contributed by atoms with van der Waals surface area (Å²) in [6.45, 7) is 10.5. The quantitative estimate of drug-likeness (QED) is 0.612. The van der Waals surface area contributed by atoms with Crippen LogP contribution in [0, 0.1) is 0 Å². The highest BCUT2D eigenvalue weighted by atomic mass is 15.1. The topological polar surface area (TPSA) is 59.7 Å². The molecule has 0 bridgehead atoms. The van der Waals surface area contributed by atoms with E-state index in [0.29, 0.717) is 0 Å². The Morgan fingerprint density at radius 1 is 1.19 bits per heavy atom. The molecule has 5 heteroatoms. The summed E-state index contributed by atoms with van der Waals surface area (Å²) in [4.78, 5) is 6.14. The lowest BCUT2D eigenvalue weighted by atomic mass is 9.98. The molecular weight excluding hydrogens is 382 g/mol. The zero-order valence-corrected chi connectivity index (χ0v) is 18.3. The zero-order chi connectivity index (χ0) is 21.2. The Hall–Kier alpha value is -3.05. The highest BCUT2D eigenvalue weighted by Gasteiger charge is 2.16. The normalized spacial score (nSPS) is 18.6. The molecule has 2 aromatic heterocycles. The van der Waals surface area contributed by atoms with Gasteiger partial charge in [-0.2, -0.15) is 5.10 Å². The van der Waals surface area contributed by atoms with Gasteiger partial charge in [-0.25, -0.2) is 0 Å². The van der Waals surface area contributed by atoms with Crippen LogP contribution in [-0.2, 0) is 0 Å². The highest BCUT2D eigenvalue weighted by molar-refractivity contribution is 5.96.